The van der Waals surface area contributed by atoms with Crippen molar-refractivity contribution in [3.8, 4) is 0 Å². The first-order chi connectivity index (χ1) is 10.8. The largest absolute Gasteiger partial charge is 0.312 e. The van der Waals surface area contributed by atoms with Crippen molar-refractivity contribution in [1.82, 2.24) is 5.32 Å². The molecule has 23 heavy (non-hydrogen) atoms. The average molecular weight is 363 g/mol. The van der Waals surface area contributed by atoms with Crippen molar-refractivity contribution in [3.63, 3.8) is 0 Å². The fraction of sp³-hybridized carbons (Fsp3) is 0.600. The molecular formula is C15H22FNO4S2. The lowest BCUT2D eigenvalue weighted by Crippen LogP contribution is -2.43. The molecule has 0 amide bonds. The van der Waals surface area contributed by atoms with Gasteiger partial charge in [0.1, 0.15) is 5.82 Å². The lowest BCUT2D eigenvalue weighted by molar-refractivity contribution is 0.513. The molecule has 2 rings (SSSR count). The van der Waals surface area contributed by atoms with Crippen LogP contribution in [0.25, 0.3) is 0 Å². The Hall–Kier alpha value is -0.990. The van der Waals surface area contributed by atoms with Gasteiger partial charge >= 0.3 is 0 Å². The Morgan fingerprint density at radius 3 is 2.43 bits per heavy atom. The van der Waals surface area contributed by atoms with Crippen molar-refractivity contribution >= 4 is 19.7 Å². The third-order valence-corrected chi connectivity index (χ3v) is 8.19. The van der Waals surface area contributed by atoms with Gasteiger partial charge in [-0.05, 0) is 37.2 Å². The van der Waals surface area contributed by atoms with Crippen LogP contribution in [0.1, 0.15) is 26.2 Å². The van der Waals surface area contributed by atoms with Gasteiger partial charge in [-0.1, -0.05) is 19.8 Å². The number of sulfone groups is 2. The number of unbranched alkanes of at least 4 members (excludes halogenated alkanes) is 2. The van der Waals surface area contributed by atoms with Crippen molar-refractivity contribution in [2.24, 2.45) is 0 Å². The van der Waals surface area contributed by atoms with Gasteiger partial charge < -0.3 is 5.32 Å². The van der Waals surface area contributed by atoms with E-state index < -0.39 is 42.5 Å². The zero-order valence-electron chi connectivity index (χ0n) is 13.0. The Labute approximate surface area is 137 Å². The van der Waals surface area contributed by atoms with Crippen LogP contribution in [0, 0.1) is 5.82 Å². The van der Waals surface area contributed by atoms with Gasteiger partial charge in [-0.3, -0.25) is 0 Å². The first-order valence-corrected chi connectivity index (χ1v) is 11.1. The zero-order chi connectivity index (χ0) is 17.1. The highest BCUT2D eigenvalue weighted by Crippen LogP contribution is 2.26. The molecule has 1 heterocycles. The molecule has 1 saturated heterocycles. The van der Waals surface area contributed by atoms with E-state index in [9.17, 15) is 21.2 Å². The summed E-state index contributed by atoms with van der Waals surface area (Å²) < 4.78 is 62.2. The maximum Gasteiger partial charge on any atom is 0.183 e. The van der Waals surface area contributed by atoms with Gasteiger partial charge in [-0.15, -0.1) is 0 Å². The highest BCUT2D eigenvalue weighted by molar-refractivity contribution is 7.96. The first-order valence-electron chi connectivity index (χ1n) is 7.69. The minimum absolute atomic E-state index is 0.0404. The van der Waals surface area contributed by atoms with Gasteiger partial charge in [0, 0.05) is 6.04 Å². The lowest BCUT2D eigenvalue weighted by Gasteiger charge is -2.20. The molecule has 2 unspecified atom stereocenters. The molecule has 1 aliphatic rings. The SMILES string of the molecule is CCCCCNC1CS(=O)(=O)CC1S(=O)(=O)c1ccc(F)cc1. The van der Waals surface area contributed by atoms with E-state index in [0.717, 1.165) is 31.4 Å². The Balaban J connectivity index is 2.21. The molecule has 1 aromatic carbocycles. The minimum atomic E-state index is -3.83. The Kier molecular flexibility index (Phi) is 5.80. The predicted molar refractivity (Wildman–Crippen MR) is 87.3 cm³/mol. The van der Waals surface area contributed by atoms with Gasteiger partial charge in [0.2, 0.25) is 0 Å². The molecule has 0 bridgehead atoms. The van der Waals surface area contributed by atoms with Crippen molar-refractivity contribution in [2.45, 2.75) is 42.4 Å². The summed E-state index contributed by atoms with van der Waals surface area (Å²) in [5, 5.41) is 2.05. The van der Waals surface area contributed by atoms with E-state index in [0.29, 0.717) is 6.54 Å². The molecule has 0 spiro atoms. The Morgan fingerprint density at radius 1 is 1.17 bits per heavy atom. The number of nitrogens with one attached hydrogen (secondary N) is 1. The Morgan fingerprint density at radius 2 is 1.83 bits per heavy atom. The third-order valence-electron chi connectivity index (χ3n) is 4.03. The van der Waals surface area contributed by atoms with Crippen molar-refractivity contribution < 1.29 is 21.2 Å². The van der Waals surface area contributed by atoms with E-state index in [2.05, 4.69) is 12.2 Å². The van der Waals surface area contributed by atoms with Crippen LogP contribution < -0.4 is 5.32 Å². The molecule has 1 fully saturated rings. The van der Waals surface area contributed by atoms with Crippen LogP contribution in [-0.4, -0.2) is 46.2 Å². The molecule has 0 aliphatic carbocycles. The Bertz CT molecular complexity index is 729. The molecule has 0 saturated carbocycles. The molecule has 1 N–H and O–H groups in total. The summed E-state index contributed by atoms with van der Waals surface area (Å²) in [4.78, 5) is -0.0404. The van der Waals surface area contributed by atoms with Crippen LogP contribution in [0.2, 0.25) is 0 Å². The summed E-state index contributed by atoms with van der Waals surface area (Å²) in [6.45, 7) is 2.64. The zero-order valence-corrected chi connectivity index (χ0v) is 14.7. The second-order valence-electron chi connectivity index (χ2n) is 5.88. The smallest absolute Gasteiger partial charge is 0.183 e. The van der Waals surface area contributed by atoms with Crippen LogP contribution in [0.5, 0.6) is 0 Å². The van der Waals surface area contributed by atoms with Crippen LogP contribution in [-0.2, 0) is 19.7 Å². The molecule has 130 valence electrons. The second-order valence-corrected chi connectivity index (χ2v) is 10.2. The summed E-state index contributed by atoms with van der Waals surface area (Å²) >= 11 is 0. The summed E-state index contributed by atoms with van der Waals surface area (Å²) in [6.07, 6.45) is 2.90. The molecule has 8 heteroatoms. The quantitative estimate of drug-likeness (QED) is 0.587. The number of rotatable bonds is 7. The van der Waals surface area contributed by atoms with E-state index in [-0.39, 0.29) is 10.6 Å². The predicted octanol–water partition coefficient (Wildman–Crippen LogP) is 1.54. The van der Waals surface area contributed by atoms with Gasteiger partial charge in [0.05, 0.1) is 21.7 Å². The number of benzene rings is 1. The van der Waals surface area contributed by atoms with Gasteiger partial charge in [0.25, 0.3) is 0 Å². The molecule has 5 nitrogen and oxygen atoms in total. The normalized spacial score (nSPS) is 23.9. The molecular weight excluding hydrogens is 341 g/mol. The number of hydrogen-bond donors (Lipinski definition) is 1. The van der Waals surface area contributed by atoms with E-state index in [4.69, 9.17) is 0 Å². The molecule has 1 aliphatic heterocycles. The number of halogens is 1. The monoisotopic (exact) mass is 363 g/mol. The fourth-order valence-electron chi connectivity index (χ4n) is 2.77. The van der Waals surface area contributed by atoms with Gasteiger partial charge in [-0.25, -0.2) is 21.2 Å². The van der Waals surface area contributed by atoms with Crippen molar-refractivity contribution in [1.29, 1.82) is 0 Å². The van der Waals surface area contributed by atoms with E-state index in [1.54, 1.807) is 0 Å². The topological polar surface area (TPSA) is 80.3 Å². The highest BCUT2D eigenvalue weighted by atomic mass is 32.2. The lowest BCUT2D eigenvalue weighted by atomic mass is 10.2. The standard InChI is InChI=1S/C15H22FNO4S2/c1-2-3-4-9-17-14-10-22(18,19)11-15(14)23(20,21)13-7-5-12(16)6-8-13/h5-8,14-15,17H,2-4,9-11H2,1H3. The van der Waals surface area contributed by atoms with E-state index >= 15 is 0 Å². The maximum atomic E-state index is 13.0. The molecule has 2 atom stereocenters. The van der Waals surface area contributed by atoms with E-state index in [1.165, 1.54) is 12.1 Å². The van der Waals surface area contributed by atoms with Crippen molar-refractivity contribution in [2.75, 3.05) is 18.1 Å². The van der Waals surface area contributed by atoms with Gasteiger partial charge in [-0.2, -0.15) is 0 Å². The van der Waals surface area contributed by atoms with Crippen LogP contribution in [0.15, 0.2) is 29.2 Å². The fourth-order valence-corrected chi connectivity index (χ4v) is 7.49. The third kappa shape index (κ3) is 4.51. The highest BCUT2D eigenvalue weighted by Gasteiger charge is 2.45. The minimum Gasteiger partial charge on any atom is -0.312 e. The summed E-state index contributed by atoms with van der Waals surface area (Å²) in [5.74, 6) is -1.10. The summed E-state index contributed by atoms with van der Waals surface area (Å²) in [7, 11) is -7.23. The number of hydrogen-bond acceptors (Lipinski definition) is 5. The first kappa shape index (κ1) is 18.4. The van der Waals surface area contributed by atoms with Crippen molar-refractivity contribution in [3.05, 3.63) is 30.1 Å². The maximum absolute atomic E-state index is 13.0. The van der Waals surface area contributed by atoms with Crippen LogP contribution in [0.4, 0.5) is 4.39 Å². The van der Waals surface area contributed by atoms with Crippen LogP contribution >= 0.6 is 0 Å². The molecule has 0 aromatic heterocycles. The molecule has 0 radical (unpaired) electrons. The van der Waals surface area contributed by atoms with Crippen LogP contribution in [0.3, 0.4) is 0 Å². The van der Waals surface area contributed by atoms with Gasteiger partial charge in [0.15, 0.2) is 19.7 Å². The second kappa shape index (κ2) is 7.27. The average Bonchev–Trinajstić information content (AvgIpc) is 2.80. The molecule has 1 aromatic rings. The van der Waals surface area contributed by atoms with E-state index in [1.807, 2.05) is 0 Å². The summed E-state index contributed by atoms with van der Waals surface area (Å²) in [5.41, 5.74) is 0. The summed E-state index contributed by atoms with van der Waals surface area (Å²) in [6, 6.07) is 3.89.